The van der Waals surface area contributed by atoms with E-state index in [2.05, 4.69) is 19.9 Å². The predicted molar refractivity (Wildman–Crippen MR) is 85.8 cm³/mol. The lowest BCUT2D eigenvalue weighted by Crippen LogP contribution is -2.32. The maximum absolute atomic E-state index is 13.1. The topological polar surface area (TPSA) is 101 Å². The largest absolute Gasteiger partial charge is 0.438 e. The molecule has 1 aliphatic rings. The molecule has 4 aromatic rings. The SMILES string of the molecule is O=C(c1ocnc1C(F)(F)F)N1Cc2[nH]cnc2[C@@H]1c1nc2ccccc2o1. The number of carbonyl (C=O) groups is 1. The summed E-state index contributed by atoms with van der Waals surface area (Å²) in [5.41, 5.74) is 0.702. The first kappa shape index (κ1) is 16.5. The van der Waals surface area contributed by atoms with Gasteiger partial charge in [0, 0.05) is 0 Å². The van der Waals surface area contributed by atoms with Crippen LogP contribution in [0.1, 0.15) is 39.6 Å². The highest BCUT2D eigenvalue weighted by atomic mass is 19.4. The first-order valence-corrected chi connectivity index (χ1v) is 8.12. The highest BCUT2D eigenvalue weighted by Gasteiger charge is 2.46. The van der Waals surface area contributed by atoms with Crippen LogP contribution in [0, 0.1) is 0 Å². The number of amides is 1. The number of halogens is 3. The summed E-state index contributed by atoms with van der Waals surface area (Å²) in [4.78, 5) is 28.7. The fourth-order valence-electron chi connectivity index (χ4n) is 3.28. The molecule has 0 spiro atoms. The van der Waals surface area contributed by atoms with E-state index in [1.807, 2.05) is 0 Å². The van der Waals surface area contributed by atoms with E-state index in [9.17, 15) is 18.0 Å². The number of aromatic amines is 1. The first-order valence-electron chi connectivity index (χ1n) is 8.12. The van der Waals surface area contributed by atoms with Crippen LogP contribution in [0.25, 0.3) is 11.1 Å². The van der Waals surface area contributed by atoms with Gasteiger partial charge >= 0.3 is 6.18 Å². The lowest BCUT2D eigenvalue weighted by Gasteiger charge is -2.21. The third kappa shape index (κ3) is 2.39. The molecule has 0 saturated carbocycles. The average molecular weight is 389 g/mol. The summed E-state index contributed by atoms with van der Waals surface area (Å²) in [6.45, 7) is -0.00441. The van der Waals surface area contributed by atoms with Crippen LogP contribution in [0.5, 0.6) is 0 Å². The van der Waals surface area contributed by atoms with Crippen LogP contribution in [0.4, 0.5) is 13.2 Å². The summed E-state index contributed by atoms with van der Waals surface area (Å²) < 4.78 is 50.0. The summed E-state index contributed by atoms with van der Waals surface area (Å²) in [6, 6.07) is 6.08. The Hall–Kier alpha value is -3.63. The number of fused-ring (bicyclic) bond motifs is 2. The molecule has 1 N–H and O–H groups in total. The second-order valence-corrected chi connectivity index (χ2v) is 6.15. The number of aromatic nitrogens is 4. The molecule has 8 nitrogen and oxygen atoms in total. The molecule has 1 amide bonds. The van der Waals surface area contributed by atoms with Gasteiger partial charge in [-0.2, -0.15) is 13.2 Å². The zero-order chi connectivity index (χ0) is 19.5. The van der Waals surface area contributed by atoms with Gasteiger partial charge in [-0.25, -0.2) is 15.0 Å². The van der Waals surface area contributed by atoms with Gasteiger partial charge in [-0.05, 0) is 12.1 Å². The predicted octanol–water partition coefficient (Wildman–Crippen LogP) is 3.30. The summed E-state index contributed by atoms with van der Waals surface area (Å²) in [7, 11) is 0. The van der Waals surface area contributed by atoms with Gasteiger partial charge in [0.25, 0.3) is 5.91 Å². The molecule has 0 bridgehead atoms. The Kier molecular flexibility index (Phi) is 3.36. The number of para-hydroxylation sites is 2. The van der Waals surface area contributed by atoms with Crippen molar-refractivity contribution in [2.45, 2.75) is 18.8 Å². The number of H-pyrrole nitrogens is 1. The van der Waals surface area contributed by atoms with Crippen molar-refractivity contribution in [3.8, 4) is 0 Å². The van der Waals surface area contributed by atoms with Crippen LogP contribution < -0.4 is 0 Å². The maximum atomic E-state index is 13.1. The minimum absolute atomic E-state index is 0.00441. The van der Waals surface area contributed by atoms with Crippen molar-refractivity contribution >= 4 is 17.0 Å². The molecule has 0 fully saturated rings. The normalized spacial score (nSPS) is 16.7. The Balaban J connectivity index is 1.60. The lowest BCUT2D eigenvalue weighted by atomic mass is 10.2. The van der Waals surface area contributed by atoms with Crippen molar-refractivity contribution in [2.24, 2.45) is 0 Å². The minimum Gasteiger partial charge on any atom is -0.438 e. The Morgan fingerprint density at radius 1 is 1.25 bits per heavy atom. The maximum Gasteiger partial charge on any atom is 0.437 e. The number of imidazole rings is 1. The summed E-state index contributed by atoms with van der Waals surface area (Å²) >= 11 is 0. The van der Waals surface area contributed by atoms with Crippen molar-refractivity contribution in [1.82, 2.24) is 24.8 Å². The molecule has 1 aromatic carbocycles. The average Bonchev–Trinajstić information content (AvgIpc) is 3.40. The van der Waals surface area contributed by atoms with Gasteiger partial charge in [0.05, 0.1) is 24.3 Å². The second kappa shape index (κ2) is 5.68. The molecule has 0 aliphatic carbocycles. The van der Waals surface area contributed by atoms with E-state index in [4.69, 9.17) is 8.83 Å². The molecule has 0 unspecified atom stereocenters. The third-order valence-corrected chi connectivity index (χ3v) is 4.49. The van der Waals surface area contributed by atoms with E-state index in [1.165, 1.54) is 6.33 Å². The Bertz CT molecular complexity index is 1160. The standard InChI is InChI=1S/C17H10F3N5O3/c18-17(19,20)14-13(27-7-23-14)16(26)25-5-9-11(22-6-21-9)12(25)15-24-8-3-1-2-4-10(8)28-15/h1-4,6-7,12H,5H2,(H,21,22)/t12-/m1/s1. The smallest absolute Gasteiger partial charge is 0.437 e. The van der Waals surface area contributed by atoms with Crippen molar-refractivity contribution < 1.29 is 26.8 Å². The Morgan fingerprint density at radius 2 is 2.07 bits per heavy atom. The molecule has 1 aliphatic heterocycles. The van der Waals surface area contributed by atoms with Crippen LogP contribution in [0.2, 0.25) is 0 Å². The Morgan fingerprint density at radius 3 is 2.86 bits per heavy atom. The summed E-state index contributed by atoms with van der Waals surface area (Å²) in [5, 5.41) is 0. The van der Waals surface area contributed by atoms with Crippen LogP contribution >= 0.6 is 0 Å². The van der Waals surface area contributed by atoms with Crippen molar-refractivity contribution in [2.75, 3.05) is 0 Å². The third-order valence-electron chi connectivity index (χ3n) is 4.49. The molecule has 28 heavy (non-hydrogen) atoms. The monoisotopic (exact) mass is 389 g/mol. The van der Waals surface area contributed by atoms with E-state index in [-0.39, 0.29) is 12.4 Å². The van der Waals surface area contributed by atoms with Crippen molar-refractivity contribution in [1.29, 1.82) is 0 Å². The molecule has 0 radical (unpaired) electrons. The van der Waals surface area contributed by atoms with E-state index >= 15 is 0 Å². The number of oxazole rings is 2. The zero-order valence-electron chi connectivity index (χ0n) is 13.9. The summed E-state index contributed by atoms with van der Waals surface area (Å²) in [6.07, 6.45) is -2.78. The van der Waals surface area contributed by atoms with Crippen molar-refractivity contribution in [3.05, 3.63) is 65.7 Å². The molecular formula is C17H10F3N5O3. The fourth-order valence-corrected chi connectivity index (χ4v) is 3.28. The molecule has 11 heteroatoms. The zero-order valence-corrected chi connectivity index (χ0v) is 13.9. The quantitative estimate of drug-likeness (QED) is 0.565. The van der Waals surface area contributed by atoms with Gasteiger partial charge in [0.2, 0.25) is 11.7 Å². The fraction of sp³-hybridized carbons (Fsp3) is 0.176. The van der Waals surface area contributed by atoms with Crippen LogP contribution in [0.15, 0.2) is 45.8 Å². The van der Waals surface area contributed by atoms with Gasteiger partial charge in [-0.1, -0.05) is 12.1 Å². The van der Waals surface area contributed by atoms with Gasteiger partial charge in [-0.15, -0.1) is 0 Å². The van der Waals surface area contributed by atoms with Gasteiger partial charge in [0.1, 0.15) is 5.52 Å². The van der Waals surface area contributed by atoms with Gasteiger partial charge < -0.3 is 18.7 Å². The van der Waals surface area contributed by atoms with Crippen LogP contribution in [-0.4, -0.2) is 30.7 Å². The van der Waals surface area contributed by atoms with Crippen LogP contribution in [0.3, 0.4) is 0 Å². The van der Waals surface area contributed by atoms with Crippen LogP contribution in [-0.2, 0) is 12.7 Å². The van der Waals surface area contributed by atoms with E-state index in [1.54, 1.807) is 24.3 Å². The number of benzene rings is 1. The highest BCUT2D eigenvalue weighted by Crippen LogP contribution is 2.40. The highest BCUT2D eigenvalue weighted by molar-refractivity contribution is 5.93. The molecule has 4 heterocycles. The molecule has 5 rings (SSSR count). The molecular weight excluding hydrogens is 379 g/mol. The van der Waals surface area contributed by atoms with Crippen molar-refractivity contribution in [3.63, 3.8) is 0 Å². The van der Waals surface area contributed by atoms with Gasteiger partial charge in [0.15, 0.2) is 23.7 Å². The van der Waals surface area contributed by atoms with E-state index < -0.39 is 29.6 Å². The number of alkyl halides is 3. The van der Waals surface area contributed by atoms with Gasteiger partial charge in [-0.3, -0.25) is 4.79 Å². The molecule has 3 aromatic heterocycles. The molecule has 142 valence electrons. The first-order chi connectivity index (χ1) is 13.4. The van der Waals surface area contributed by atoms with E-state index in [0.717, 1.165) is 4.90 Å². The minimum atomic E-state index is -4.82. The lowest BCUT2D eigenvalue weighted by molar-refractivity contribution is -0.141. The number of hydrogen-bond acceptors (Lipinski definition) is 6. The van der Waals surface area contributed by atoms with E-state index in [0.29, 0.717) is 28.9 Å². The number of hydrogen-bond donors (Lipinski definition) is 1. The molecule has 1 atom stereocenters. The number of rotatable bonds is 2. The second-order valence-electron chi connectivity index (χ2n) is 6.15. The summed E-state index contributed by atoms with van der Waals surface area (Å²) in [5.74, 6) is -1.73. The molecule has 0 saturated heterocycles. The number of nitrogens with one attached hydrogen (secondary N) is 1. The number of carbonyl (C=O) groups excluding carboxylic acids is 1. The Labute approximate surface area is 154 Å². The number of nitrogens with zero attached hydrogens (tertiary/aromatic N) is 4.